The minimum absolute atomic E-state index is 0.376. The number of hydrogen-bond acceptors (Lipinski definition) is 1. The van der Waals surface area contributed by atoms with Gasteiger partial charge in [-0.1, -0.05) is 5.57 Å². The molecule has 0 aliphatic rings. The predicted octanol–water partition coefficient (Wildman–Crippen LogP) is 3.41. The van der Waals surface area contributed by atoms with Crippen molar-refractivity contribution in [1.29, 1.82) is 0 Å². The zero-order valence-corrected chi connectivity index (χ0v) is 7.67. The lowest BCUT2D eigenvalue weighted by Gasteiger charge is -2.06. The van der Waals surface area contributed by atoms with Crippen molar-refractivity contribution in [1.82, 2.24) is 0 Å². The monoisotopic (exact) mass is 234 g/mol. The van der Waals surface area contributed by atoms with Crippen molar-refractivity contribution in [2.24, 2.45) is 0 Å². The molecule has 0 radical (unpaired) electrons. The average Bonchev–Trinajstić information content (AvgIpc) is 1.73. The Balaban J connectivity index is 4.31. The van der Waals surface area contributed by atoms with E-state index in [1.807, 2.05) is 0 Å². The van der Waals surface area contributed by atoms with Crippen LogP contribution in [0.4, 0.5) is 26.3 Å². The van der Waals surface area contributed by atoms with Gasteiger partial charge in [0.1, 0.15) is 6.42 Å². The minimum Gasteiger partial charge on any atom is -0.294 e. The molecule has 0 saturated carbocycles. The Hall–Kier alpha value is -1.01. The molecule has 0 heterocycles. The molecule has 0 amide bonds. The van der Waals surface area contributed by atoms with Gasteiger partial charge in [-0.3, -0.25) is 4.79 Å². The first kappa shape index (κ1) is 14.0. The van der Waals surface area contributed by atoms with Crippen molar-refractivity contribution in [2.75, 3.05) is 0 Å². The zero-order valence-electron chi connectivity index (χ0n) is 7.67. The minimum atomic E-state index is -4.69. The summed E-state index contributed by atoms with van der Waals surface area (Å²) >= 11 is 0. The molecule has 0 aromatic heterocycles. The molecule has 1 nitrogen and oxygen atoms in total. The quantitative estimate of drug-likeness (QED) is 0.540. The van der Waals surface area contributed by atoms with Crippen LogP contribution < -0.4 is 0 Å². The Kier molecular flexibility index (Phi) is 4.36. The summed E-state index contributed by atoms with van der Waals surface area (Å²) in [6.07, 6.45) is -11.9. The van der Waals surface area contributed by atoms with Crippen LogP contribution >= 0.6 is 0 Å². The van der Waals surface area contributed by atoms with E-state index in [1.54, 1.807) is 0 Å². The van der Waals surface area contributed by atoms with Gasteiger partial charge in [0.05, 0.1) is 6.42 Å². The number of ketones is 1. The molecule has 0 aromatic carbocycles. The third-order valence-corrected chi connectivity index (χ3v) is 1.26. The smallest absolute Gasteiger partial charge is 0.294 e. The summed E-state index contributed by atoms with van der Waals surface area (Å²) in [5, 5.41) is 0. The van der Waals surface area contributed by atoms with Crippen LogP contribution in [0, 0.1) is 0 Å². The summed E-state index contributed by atoms with van der Waals surface area (Å²) < 4.78 is 70.0. The number of carbonyl (C=O) groups excluding carboxylic acids is 1. The fourth-order valence-electron chi connectivity index (χ4n) is 0.891. The molecule has 15 heavy (non-hydrogen) atoms. The molecular formula is C8H8F6O. The Morgan fingerprint density at radius 1 is 1.00 bits per heavy atom. The summed E-state index contributed by atoms with van der Waals surface area (Å²) in [6.45, 7) is 0.960. The maximum Gasteiger partial charge on any atom is 0.396 e. The van der Waals surface area contributed by atoms with Crippen LogP contribution in [0.5, 0.6) is 0 Å². The highest BCUT2D eigenvalue weighted by Gasteiger charge is 2.31. The first-order valence-corrected chi connectivity index (χ1v) is 3.83. The van der Waals surface area contributed by atoms with Crippen LogP contribution in [0.1, 0.15) is 19.8 Å². The second kappa shape index (κ2) is 4.67. The lowest BCUT2D eigenvalue weighted by atomic mass is 10.1. The lowest BCUT2D eigenvalue weighted by Crippen LogP contribution is -2.14. The second-order valence-corrected chi connectivity index (χ2v) is 3.04. The van der Waals surface area contributed by atoms with E-state index >= 15 is 0 Å². The van der Waals surface area contributed by atoms with Crippen molar-refractivity contribution in [3.8, 4) is 0 Å². The standard InChI is InChI=1S/C8H8F6O/c1-5(3-7(9,10)11)2-6(15)4-8(12,13)14/h2H,3-4H2,1H3/b5-2+. The molecule has 0 atom stereocenters. The van der Waals surface area contributed by atoms with Crippen molar-refractivity contribution in [2.45, 2.75) is 32.1 Å². The summed E-state index contributed by atoms with van der Waals surface area (Å²) in [5.74, 6) is -1.37. The van der Waals surface area contributed by atoms with E-state index < -0.39 is 36.6 Å². The molecule has 0 unspecified atom stereocenters. The summed E-state index contributed by atoms with van der Waals surface area (Å²) in [7, 11) is 0. The lowest BCUT2D eigenvalue weighted by molar-refractivity contribution is -0.149. The molecule has 0 fully saturated rings. The van der Waals surface area contributed by atoms with Gasteiger partial charge in [-0.05, 0) is 13.0 Å². The molecule has 0 aromatic rings. The van der Waals surface area contributed by atoms with Crippen LogP contribution in [0.25, 0.3) is 0 Å². The van der Waals surface area contributed by atoms with Crippen LogP contribution in [0.2, 0.25) is 0 Å². The third kappa shape index (κ3) is 9.30. The highest BCUT2D eigenvalue weighted by atomic mass is 19.4. The van der Waals surface area contributed by atoms with Gasteiger partial charge < -0.3 is 0 Å². The summed E-state index contributed by atoms with van der Waals surface area (Å²) in [4.78, 5) is 10.6. The van der Waals surface area contributed by atoms with Crippen LogP contribution in [-0.4, -0.2) is 18.1 Å². The number of allylic oxidation sites excluding steroid dienone is 2. The topological polar surface area (TPSA) is 17.1 Å². The maximum atomic E-state index is 11.7. The van der Waals surface area contributed by atoms with Crippen LogP contribution in [0.3, 0.4) is 0 Å². The molecular weight excluding hydrogens is 226 g/mol. The van der Waals surface area contributed by atoms with Crippen molar-refractivity contribution < 1.29 is 31.1 Å². The number of rotatable bonds is 3. The molecule has 0 aliphatic carbocycles. The van der Waals surface area contributed by atoms with Gasteiger partial charge >= 0.3 is 12.4 Å². The van der Waals surface area contributed by atoms with Gasteiger partial charge in [-0.15, -0.1) is 0 Å². The zero-order chi connectivity index (χ0) is 12.3. The summed E-state index contributed by atoms with van der Waals surface area (Å²) in [5.41, 5.74) is -0.434. The SMILES string of the molecule is C/C(=C\C(=O)CC(F)(F)F)CC(F)(F)F. The average molecular weight is 234 g/mol. The summed E-state index contributed by atoms with van der Waals surface area (Å²) in [6, 6.07) is 0. The maximum absolute atomic E-state index is 11.7. The van der Waals surface area contributed by atoms with Crippen LogP contribution in [-0.2, 0) is 4.79 Å². The van der Waals surface area contributed by atoms with E-state index in [4.69, 9.17) is 0 Å². The highest BCUT2D eigenvalue weighted by Crippen LogP contribution is 2.25. The van der Waals surface area contributed by atoms with Crippen molar-refractivity contribution in [3.63, 3.8) is 0 Å². The number of hydrogen-bond donors (Lipinski definition) is 0. The van der Waals surface area contributed by atoms with E-state index in [1.165, 1.54) is 0 Å². The van der Waals surface area contributed by atoms with Gasteiger partial charge in [-0.25, -0.2) is 0 Å². The normalized spacial score (nSPS) is 14.2. The fourth-order valence-corrected chi connectivity index (χ4v) is 0.891. The third-order valence-electron chi connectivity index (χ3n) is 1.26. The Labute approximate surface area is 81.8 Å². The fraction of sp³-hybridized carbons (Fsp3) is 0.625. The second-order valence-electron chi connectivity index (χ2n) is 3.04. The van der Waals surface area contributed by atoms with Gasteiger partial charge in [0.15, 0.2) is 5.78 Å². The Morgan fingerprint density at radius 2 is 1.40 bits per heavy atom. The molecule has 0 aliphatic heterocycles. The van der Waals surface area contributed by atoms with Gasteiger partial charge in [0.2, 0.25) is 0 Å². The first-order chi connectivity index (χ1) is 6.49. The Morgan fingerprint density at radius 3 is 1.73 bits per heavy atom. The van der Waals surface area contributed by atoms with E-state index in [0.29, 0.717) is 6.08 Å². The van der Waals surface area contributed by atoms with Gasteiger partial charge in [-0.2, -0.15) is 26.3 Å². The van der Waals surface area contributed by atoms with Crippen molar-refractivity contribution >= 4 is 5.78 Å². The molecule has 0 spiro atoms. The molecule has 0 saturated heterocycles. The van der Waals surface area contributed by atoms with Gasteiger partial charge in [0.25, 0.3) is 0 Å². The van der Waals surface area contributed by atoms with Crippen molar-refractivity contribution in [3.05, 3.63) is 11.6 Å². The largest absolute Gasteiger partial charge is 0.396 e. The molecule has 7 heteroatoms. The Bertz CT molecular complexity index is 259. The van der Waals surface area contributed by atoms with Crippen LogP contribution in [0.15, 0.2) is 11.6 Å². The molecule has 0 rings (SSSR count). The van der Waals surface area contributed by atoms with E-state index in [2.05, 4.69) is 0 Å². The molecule has 0 bridgehead atoms. The van der Waals surface area contributed by atoms with Gasteiger partial charge in [0, 0.05) is 0 Å². The molecule has 0 N–H and O–H groups in total. The number of carbonyl (C=O) groups is 1. The predicted molar refractivity (Wildman–Crippen MR) is 40.1 cm³/mol. The number of halogens is 6. The first-order valence-electron chi connectivity index (χ1n) is 3.83. The van der Waals surface area contributed by atoms with E-state index in [9.17, 15) is 31.1 Å². The number of alkyl halides is 6. The molecule has 88 valence electrons. The highest BCUT2D eigenvalue weighted by molar-refractivity contribution is 5.90. The van der Waals surface area contributed by atoms with E-state index in [-0.39, 0.29) is 0 Å². The van der Waals surface area contributed by atoms with E-state index in [0.717, 1.165) is 6.92 Å².